The Balaban J connectivity index is 1.83. The van der Waals surface area contributed by atoms with Gasteiger partial charge in [0.1, 0.15) is 0 Å². The smallest absolute Gasteiger partial charge is 0.269 e. The lowest BCUT2D eigenvalue weighted by molar-refractivity contribution is -0.384. The quantitative estimate of drug-likeness (QED) is 0.627. The summed E-state index contributed by atoms with van der Waals surface area (Å²) in [6.45, 7) is 6.82. The minimum absolute atomic E-state index is 0.0524. The van der Waals surface area contributed by atoms with Crippen molar-refractivity contribution in [1.82, 2.24) is 4.90 Å². The Kier molecular flexibility index (Phi) is 3.63. The molecule has 1 unspecified atom stereocenters. The van der Waals surface area contributed by atoms with Crippen LogP contribution in [0.1, 0.15) is 0 Å². The van der Waals surface area contributed by atoms with E-state index in [4.69, 9.17) is 4.74 Å². The molecule has 0 aromatic heterocycles. The number of nitro benzene ring substituents is 1. The molecule has 8 heteroatoms. The number of hydrogen-bond acceptors (Lipinski definition) is 7. The van der Waals surface area contributed by atoms with Gasteiger partial charge in [-0.1, -0.05) is 11.8 Å². The van der Waals surface area contributed by atoms with Crippen LogP contribution in [0.5, 0.6) is 0 Å². The molecule has 21 heavy (non-hydrogen) atoms. The zero-order chi connectivity index (χ0) is 14.8. The van der Waals surface area contributed by atoms with Gasteiger partial charge in [-0.25, -0.2) is 5.01 Å². The van der Waals surface area contributed by atoms with Gasteiger partial charge in [0, 0.05) is 25.2 Å². The van der Waals surface area contributed by atoms with E-state index in [0.717, 1.165) is 18.8 Å². The second kappa shape index (κ2) is 5.58. The SMILES string of the molecule is C=C1N=NN(c2ccc([N+](=O)[O-])cc2)C1N1CCOCC1. The van der Waals surface area contributed by atoms with Crippen LogP contribution in [0, 0.1) is 10.1 Å². The van der Waals surface area contributed by atoms with Crippen LogP contribution in [0.4, 0.5) is 11.4 Å². The normalized spacial score (nSPS) is 22.8. The maximum Gasteiger partial charge on any atom is 0.269 e. The molecule has 0 amide bonds. The Labute approximate surface area is 121 Å². The molecule has 1 aromatic carbocycles. The second-order valence-electron chi connectivity index (χ2n) is 4.82. The van der Waals surface area contributed by atoms with E-state index in [1.165, 1.54) is 12.1 Å². The van der Waals surface area contributed by atoms with Gasteiger partial charge in [0.15, 0.2) is 6.17 Å². The van der Waals surface area contributed by atoms with Gasteiger partial charge in [-0.3, -0.25) is 15.0 Å². The van der Waals surface area contributed by atoms with Crippen LogP contribution in [-0.2, 0) is 4.74 Å². The van der Waals surface area contributed by atoms with Crippen LogP contribution in [0.25, 0.3) is 0 Å². The standard InChI is InChI=1S/C13H15N5O3/c1-10-13(16-6-8-21-9-7-16)17(15-14-10)11-2-4-12(5-3-11)18(19)20/h2-5,13H,1,6-9H2. The van der Waals surface area contributed by atoms with Gasteiger partial charge in [0.2, 0.25) is 0 Å². The van der Waals surface area contributed by atoms with E-state index in [2.05, 4.69) is 21.8 Å². The fourth-order valence-electron chi connectivity index (χ4n) is 2.45. The zero-order valence-electron chi connectivity index (χ0n) is 11.4. The molecule has 0 radical (unpaired) electrons. The number of hydrogen-bond donors (Lipinski definition) is 0. The Hall–Kier alpha value is -2.32. The van der Waals surface area contributed by atoms with Gasteiger partial charge in [-0.2, -0.15) is 0 Å². The fourth-order valence-corrected chi connectivity index (χ4v) is 2.45. The van der Waals surface area contributed by atoms with Crippen molar-refractivity contribution in [1.29, 1.82) is 0 Å². The van der Waals surface area contributed by atoms with Crippen LogP contribution >= 0.6 is 0 Å². The zero-order valence-corrected chi connectivity index (χ0v) is 11.4. The lowest BCUT2D eigenvalue weighted by Gasteiger charge is -2.35. The molecule has 8 nitrogen and oxygen atoms in total. The van der Waals surface area contributed by atoms with Gasteiger partial charge < -0.3 is 4.74 Å². The summed E-state index contributed by atoms with van der Waals surface area (Å²) in [6.07, 6.45) is -0.157. The van der Waals surface area contributed by atoms with Gasteiger partial charge in [-0.05, 0) is 12.1 Å². The molecule has 0 N–H and O–H groups in total. The molecule has 2 aliphatic heterocycles. The molecule has 0 spiro atoms. The average Bonchev–Trinajstić information content (AvgIpc) is 2.90. The molecule has 0 aliphatic carbocycles. The lowest BCUT2D eigenvalue weighted by Crippen LogP contribution is -2.49. The third kappa shape index (κ3) is 2.63. The second-order valence-corrected chi connectivity index (χ2v) is 4.82. The maximum absolute atomic E-state index is 10.7. The summed E-state index contributed by atoms with van der Waals surface area (Å²) in [5, 5.41) is 20.6. The van der Waals surface area contributed by atoms with Gasteiger partial charge in [-0.15, -0.1) is 5.11 Å². The van der Waals surface area contributed by atoms with E-state index in [1.807, 2.05) is 0 Å². The van der Waals surface area contributed by atoms with Crippen LogP contribution < -0.4 is 5.01 Å². The summed E-state index contributed by atoms with van der Waals surface area (Å²) >= 11 is 0. The molecular formula is C13H15N5O3. The van der Waals surface area contributed by atoms with Crippen molar-refractivity contribution in [2.45, 2.75) is 6.17 Å². The molecule has 110 valence electrons. The summed E-state index contributed by atoms with van der Waals surface area (Å²) in [7, 11) is 0. The Bertz CT molecular complexity index is 580. The monoisotopic (exact) mass is 289 g/mol. The number of benzene rings is 1. The predicted molar refractivity (Wildman–Crippen MR) is 75.8 cm³/mol. The molecule has 0 bridgehead atoms. The summed E-state index contributed by atoms with van der Waals surface area (Å²) in [4.78, 5) is 12.5. The van der Waals surface area contributed by atoms with E-state index in [-0.39, 0.29) is 11.9 Å². The van der Waals surface area contributed by atoms with E-state index in [1.54, 1.807) is 17.1 Å². The van der Waals surface area contributed by atoms with E-state index in [0.29, 0.717) is 18.9 Å². The van der Waals surface area contributed by atoms with Crippen LogP contribution in [-0.4, -0.2) is 42.3 Å². The van der Waals surface area contributed by atoms with Crippen molar-refractivity contribution in [2.24, 2.45) is 10.3 Å². The number of ether oxygens (including phenoxy) is 1. The number of morpholine rings is 1. The Morgan fingerprint density at radius 2 is 1.95 bits per heavy atom. The largest absolute Gasteiger partial charge is 0.379 e. The highest BCUT2D eigenvalue weighted by molar-refractivity contribution is 5.52. The minimum atomic E-state index is -0.423. The number of anilines is 1. The topological polar surface area (TPSA) is 83.6 Å². The highest BCUT2D eigenvalue weighted by atomic mass is 16.6. The molecule has 3 rings (SSSR count). The first-order chi connectivity index (χ1) is 10.2. The lowest BCUT2D eigenvalue weighted by atomic mass is 10.2. The number of nitro groups is 1. The van der Waals surface area contributed by atoms with Crippen molar-refractivity contribution >= 4 is 11.4 Å². The fraction of sp³-hybridized carbons (Fsp3) is 0.385. The average molecular weight is 289 g/mol. The molecule has 2 aliphatic rings. The first-order valence-corrected chi connectivity index (χ1v) is 6.63. The summed E-state index contributed by atoms with van der Waals surface area (Å²) in [5.74, 6) is 0. The van der Waals surface area contributed by atoms with Crippen molar-refractivity contribution in [2.75, 3.05) is 31.3 Å². The molecule has 1 saturated heterocycles. The minimum Gasteiger partial charge on any atom is -0.379 e. The number of non-ortho nitro benzene ring substituents is 1. The number of nitrogens with zero attached hydrogens (tertiary/aromatic N) is 5. The first-order valence-electron chi connectivity index (χ1n) is 6.63. The van der Waals surface area contributed by atoms with Crippen molar-refractivity contribution < 1.29 is 9.66 Å². The third-order valence-electron chi connectivity index (χ3n) is 3.52. The molecule has 2 heterocycles. The van der Waals surface area contributed by atoms with Crippen molar-refractivity contribution in [3.8, 4) is 0 Å². The van der Waals surface area contributed by atoms with Crippen molar-refractivity contribution in [3.63, 3.8) is 0 Å². The van der Waals surface area contributed by atoms with Crippen LogP contribution in [0.3, 0.4) is 0 Å². The highest BCUT2D eigenvalue weighted by Crippen LogP contribution is 2.30. The summed E-state index contributed by atoms with van der Waals surface area (Å²) < 4.78 is 5.35. The first kappa shape index (κ1) is 13.7. The Morgan fingerprint density at radius 1 is 1.29 bits per heavy atom. The molecule has 1 atom stereocenters. The van der Waals surface area contributed by atoms with Crippen LogP contribution in [0.2, 0.25) is 0 Å². The number of rotatable bonds is 3. The molecular weight excluding hydrogens is 274 g/mol. The summed E-state index contributed by atoms with van der Waals surface area (Å²) in [5.41, 5.74) is 1.46. The van der Waals surface area contributed by atoms with Crippen LogP contribution in [0.15, 0.2) is 46.9 Å². The molecule has 1 aromatic rings. The van der Waals surface area contributed by atoms with Gasteiger partial charge >= 0.3 is 0 Å². The highest BCUT2D eigenvalue weighted by Gasteiger charge is 2.34. The summed E-state index contributed by atoms with van der Waals surface area (Å²) in [6, 6.07) is 6.26. The van der Waals surface area contributed by atoms with Gasteiger partial charge in [0.25, 0.3) is 5.69 Å². The van der Waals surface area contributed by atoms with E-state index < -0.39 is 4.92 Å². The van der Waals surface area contributed by atoms with E-state index in [9.17, 15) is 10.1 Å². The van der Waals surface area contributed by atoms with Gasteiger partial charge in [0.05, 0.1) is 29.5 Å². The van der Waals surface area contributed by atoms with Crippen molar-refractivity contribution in [3.05, 3.63) is 46.7 Å². The molecule has 1 fully saturated rings. The molecule has 0 saturated carbocycles. The third-order valence-corrected chi connectivity index (χ3v) is 3.52. The van der Waals surface area contributed by atoms with E-state index >= 15 is 0 Å². The predicted octanol–water partition coefficient (Wildman–Crippen LogP) is 1.95. The Morgan fingerprint density at radius 3 is 2.57 bits per heavy atom. The maximum atomic E-state index is 10.7.